The quantitative estimate of drug-likeness (QED) is 0.182. The lowest BCUT2D eigenvalue weighted by Gasteiger charge is -2.21. The topological polar surface area (TPSA) is 38.7 Å². The summed E-state index contributed by atoms with van der Waals surface area (Å²) in [6.07, 6.45) is 0. The van der Waals surface area contributed by atoms with Crippen molar-refractivity contribution in [3.05, 3.63) is 163 Å². The minimum Gasteiger partial charge on any atom is -0.208 e. The number of nitrogens with zero attached hydrogens (tertiary/aromatic N) is 3. The van der Waals surface area contributed by atoms with Gasteiger partial charge in [0.05, 0.1) is 0 Å². The molecule has 3 nitrogen and oxygen atoms in total. The first-order valence-corrected chi connectivity index (χ1v) is 19.6. The lowest BCUT2D eigenvalue weighted by atomic mass is 9.82. The second kappa shape index (κ2) is 11.5. The Morgan fingerprint density at radius 1 is 0.377 bits per heavy atom. The van der Waals surface area contributed by atoms with Gasteiger partial charge in [-0.05, 0) is 51.6 Å². The summed E-state index contributed by atoms with van der Waals surface area (Å²) in [4.78, 5) is 15.9. The van der Waals surface area contributed by atoms with Crippen molar-refractivity contribution in [1.29, 1.82) is 0 Å². The molecule has 0 saturated heterocycles. The largest absolute Gasteiger partial charge is 0.208 e. The third-order valence-corrected chi connectivity index (χ3v) is 13.4. The van der Waals surface area contributed by atoms with E-state index in [9.17, 15) is 0 Å². The summed E-state index contributed by atoms with van der Waals surface area (Å²) in [7, 11) is 0. The van der Waals surface area contributed by atoms with E-state index in [0.717, 1.165) is 16.7 Å². The fourth-order valence-electron chi connectivity index (χ4n) is 8.38. The van der Waals surface area contributed by atoms with Gasteiger partial charge in [-0.1, -0.05) is 147 Å². The van der Waals surface area contributed by atoms with Crippen LogP contribution in [-0.2, 0) is 5.41 Å². The number of rotatable bonds is 4. The third-order valence-electron chi connectivity index (χ3n) is 11.0. The van der Waals surface area contributed by atoms with Crippen molar-refractivity contribution in [3.8, 4) is 56.4 Å². The van der Waals surface area contributed by atoms with Gasteiger partial charge in [0.2, 0.25) is 0 Å². The van der Waals surface area contributed by atoms with Crippen molar-refractivity contribution >= 4 is 63.0 Å². The van der Waals surface area contributed by atoms with Crippen LogP contribution < -0.4 is 0 Å². The Morgan fingerprint density at radius 3 is 1.57 bits per heavy atom. The highest BCUT2D eigenvalue weighted by Crippen LogP contribution is 2.52. The first-order valence-electron chi connectivity index (χ1n) is 17.9. The number of hydrogen-bond donors (Lipinski definition) is 0. The van der Waals surface area contributed by atoms with Crippen LogP contribution in [-0.4, -0.2) is 15.0 Å². The zero-order valence-electron chi connectivity index (χ0n) is 29.1. The van der Waals surface area contributed by atoms with E-state index in [4.69, 9.17) is 15.0 Å². The maximum absolute atomic E-state index is 5.32. The monoisotopic (exact) mass is 713 g/mol. The van der Waals surface area contributed by atoms with E-state index >= 15 is 0 Å². The first-order chi connectivity index (χ1) is 26.0. The highest BCUT2D eigenvalue weighted by atomic mass is 32.1. The second-order valence-corrected chi connectivity index (χ2v) is 16.4. The van der Waals surface area contributed by atoms with Crippen LogP contribution in [0.4, 0.5) is 0 Å². The molecule has 0 fully saturated rings. The highest BCUT2D eigenvalue weighted by Gasteiger charge is 2.37. The van der Waals surface area contributed by atoms with Crippen molar-refractivity contribution < 1.29 is 0 Å². The highest BCUT2D eigenvalue weighted by molar-refractivity contribution is 7.26. The van der Waals surface area contributed by atoms with E-state index in [-0.39, 0.29) is 5.41 Å². The molecule has 3 aromatic heterocycles. The molecule has 0 unspecified atom stereocenters. The van der Waals surface area contributed by atoms with Crippen molar-refractivity contribution in [2.75, 3.05) is 0 Å². The van der Waals surface area contributed by atoms with E-state index in [1.54, 1.807) is 11.3 Å². The molecule has 53 heavy (non-hydrogen) atoms. The Kier molecular flexibility index (Phi) is 6.64. The van der Waals surface area contributed by atoms with Gasteiger partial charge in [0.1, 0.15) is 0 Å². The van der Waals surface area contributed by atoms with Gasteiger partial charge in [0.15, 0.2) is 17.5 Å². The Labute approximate surface area is 314 Å². The van der Waals surface area contributed by atoms with Crippen molar-refractivity contribution in [2.45, 2.75) is 19.3 Å². The van der Waals surface area contributed by atoms with Crippen LogP contribution in [0.3, 0.4) is 0 Å². The van der Waals surface area contributed by atoms with Crippen LogP contribution in [0.5, 0.6) is 0 Å². The van der Waals surface area contributed by atoms with Crippen LogP contribution in [0.1, 0.15) is 25.0 Å². The van der Waals surface area contributed by atoms with Crippen molar-refractivity contribution in [1.82, 2.24) is 15.0 Å². The Morgan fingerprint density at radius 2 is 0.849 bits per heavy atom. The SMILES string of the molecule is CC1(C)c2ccccc2-c2c(-c3nc(-c4ccc(-c5cccc6c5sc5ccccc56)cc4)nc(-c4cccc5c4sc4ccccc45)n3)cccc21. The summed E-state index contributed by atoms with van der Waals surface area (Å²) in [5, 5.41) is 5.09. The van der Waals surface area contributed by atoms with Crippen LogP contribution in [0.15, 0.2) is 152 Å². The molecule has 0 amide bonds. The third kappa shape index (κ3) is 4.61. The lowest BCUT2D eigenvalue weighted by Crippen LogP contribution is -2.14. The molecule has 0 radical (unpaired) electrons. The zero-order chi connectivity index (χ0) is 35.3. The minimum atomic E-state index is -0.129. The van der Waals surface area contributed by atoms with E-state index in [1.807, 2.05) is 11.3 Å². The lowest BCUT2D eigenvalue weighted by molar-refractivity contribution is 0.660. The molecule has 0 saturated carbocycles. The maximum Gasteiger partial charge on any atom is 0.165 e. The summed E-state index contributed by atoms with van der Waals surface area (Å²) in [6.45, 7) is 4.63. The van der Waals surface area contributed by atoms with Gasteiger partial charge < -0.3 is 0 Å². The molecular formula is C48H31N3S2. The summed E-state index contributed by atoms with van der Waals surface area (Å²) >= 11 is 3.66. The molecule has 1 aliphatic carbocycles. The van der Waals surface area contributed by atoms with Gasteiger partial charge >= 0.3 is 0 Å². The fraction of sp³-hybridized carbons (Fsp3) is 0.0625. The molecule has 0 bridgehead atoms. The smallest absolute Gasteiger partial charge is 0.165 e. The maximum atomic E-state index is 5.32. The van der Waals surface area contributed by atoms with Gasteiger partial charge in [-0.25, -0.2) is 15.0 Å². The second-order valence-electron chi connectivity index (χ2n) is 14.3. The standard InChI is InChI=1S/C48H31N3S2/c1-48(2)38-20-6-3-14-35(38)42-36(18-11-21-39(42)48)46-49-45(50-47(51-46)37-19-10-17-34-32-13-5-8-23-41(32)53-44(34)37)29-26-24-28(25-27-29)30-15-9-16-33-31-12-4-7-22-40(31)52-43(30)33/h3-27H,1-2H3. The Bertz CT molecular complexity index is 3100. The van der Waals surface area contributed by atoms with Crippen LogP contribution in [0.2, 0.25) is 0 Å². The van der Waals surface area contributed by atoms with Crippen LogP contribution in [0, 0.1) is 0 Å². The molecule has 3 heterocycles. The van der Waals surface area contributed by atoms with E-state index < -0.39 is 0 Å². The number of benzene rings is 7. The van der Waals surface area contributed by atoms with Gasteiger partial charge in [-0.15, -0.1) is 22.7 Å². The summed E-state index contributed by atoms with van der Waals surface area (Å²) in [6, 6.07) is 54.5. The number of hydrogen-bond acceptors (Lipinski definition) is 5. The summed E-state index contributed by atoms with van der Waals surface area (Å²) in [5.41, 5.74) is 10.4. The normalized spacial score (nSPS) is 13.2. The molecule has 0 aliphatic heterocycles. The van der Waals surface area contributed by atoms with E-state index in [1.165, 1.54) is 73.7 Å². The molecule has 1 aliphatic rings. The molecule has 7 aromatic carbocycles. The average Bonchev–Trinajstić information content (AvgIpc) is 3.86. The number of fused-ring (bicyclic) bond motifs is 9. The average molecular weight is 714 g/mol. The van der Waals surface area contributed by atoms with Gasteiger partial charge in [-0.3, -0.25) is 0 Å². The molecule has 0 spiro atoms. The number of thiophene rings is 2. The summed E-state index contributed by atoms with van der Waals surface area (Å²) < 4.78 is 5.06. The van der Waals surface area contributed by atoms with Gasteiger partial charge in [-0.2, -0.15) is 0 Å². The van der Waals surface area contributed by atoms with Crippen molar-refractivity contribution in [3.63, 3.8) is 0 Å². The van der Waals surface area contributed by atoms with Crippen molar-refractivity contribution in [2.24, 2.45) is 0 Å². The predicted octanol–water partition coefficient (Wildman–Crippen LogP) is 13.6. The Hall–Kier alpha value is -6.01. The molecular weight excluding hydrogens is 683 g/mol. The molecule has 0 atom stereocenters. The molecule has 10 aromatic rings. The minimum absolute atomic E-state index is 0.129. The van der Waals surface area contributed by atoms with Crippen LogP contribution >= 0.6 is 22.7 Å². The van der Waals surface area contributed by atoms with Gasteiger partial charge in [0.25, 0.3) is 0 Å². The van der Waals surface area contributed by atoms with E-state index in [0.29, 0.717) is 17.5 Å². The van der Waals surface area contributed by atoms with E-state index in [2.05, 4.69) is 166 Å². The first kappa shape index (κ1) is 30.6. The molecule has 5 heteroatoms. The fourth-order valence-corrected chi connectivity index (χ4v) is 10.8. The number of aromatic nitrogens is 3. The molecule has 11 rings (SSSR count). The van der Waals surface area contributed by atoms with Gasteiger partial charge in [0, 0.05) is 62.4 Å². The zero-order valence-corrected chi connectivity index (χ0v) is 30.7. The summed E-state index contributed by atoms with van der Waals surface area (Å²) in [5.74, 6) is 2.04. The van der Waals surface area contributed by atoms with Crippen LogP contribution in [0.25, 0.3) is 96.8 Å². The Balaban J connectivity index is 1.11. The molecule has 250 valence electrons. The predicted molar refractivity (Wildman–Crippen MR) is 225 cm³/mol. The molecule has 0 N–H and O–H groups in total.